The first-order valence-corrected chi connectivity index (χ1v) is 24.0. The average Bonchev–Trinajstić information content (AvgIpc) is 3.14. The summed E-state index contributed by atoms with van der Waals surface area (Å²) in [6, 6.07) is 0. The second-order valence-corrected chi connectivity index (χ2v) is 16.7. The van der Waals surface area contributed by atoms with E-state index in [4.69, 9.17) is 24.3 Å². The van der Waals surface area contributed by atoms with Crippen LogP contribution in [-0.2, 0) is 32.7 Å². The summed E-state index contributed by atoms with van der Waals surface area (Å²) in [6.07, 6.45) is 39.9. The van der Waals surface area contributed by atoms with Crippen molar-refractivity contribution in [3.05, 3.63) is 0 Å². The van der Waals surface area contributed by atoms with Gasteiger partial charge in [0.05, 0.1) is 13.2 Å². The molecule has 2 atom stereocenters. The van der Waals surface area contributed by atoms with Crippen molar-refractivity contribution in [1.29, 1.82) is 0 Å². The number of ether oxygens (including phenoxy) is 2. The van der Waals surface area contributed by atoms with Crippen molar-refractivity contribution in [2.24, 2.45) is 5.73 Å². The van der Waals surface area contributed by atoms with Gasteiger partial charge in [0.25, 0.3) is 0 Å². The average molecular weight is 776 g/mol. The Balaban J connectivity index is 4.02. The summed E-state index contributed by atoms with van der Waals surface area (Å²) in [5.41, 5.74) is 5.35. The molecule has 0 saturated heterocycles. The lowest BCUT2D eigenvalue weighted by Gasteiger charge is -2.19. The van der Waals surface area contributed by atoms with E-state index < -0.39 is 26.5 Å². The number of hydrogen-bond donors (Lipinski definition) is 2. The van der Waals surface area contributed by atoms with Gasteiger partial charge in [0.2, 0.25) is 0 Å². The summed E-state index contributed by atoms with van der Waals surface area (Å²) in [4.78, 5) is 34.8. The first-order chi connectivity index (χ1) is 25.8. The number of rotatable bonds is 43. The number of esters is 2. The quantitative estimate of drug-likeness (QED) is 0.0352. The summed E-state index contributed by atoms with van der Waals surface area (Å²) in [6.45, 7) is 3.77. The topological polar surface area (TPSA) is 134 Å². The fourth-order valence-corrected chi connectivity index (χ4v) is 7.40. The van der Waals surface area contributed by atoms with E-state index in [-0.39, 0.29) is 38.6 Å². The minimum atomic E-state index is -4.37. The maximum atomic E-state index is 12.5. The molecule has 0 spiro atoms. The Kier molecular flexibility index (Phi) is 39.9. The molecule has 3 N–H and O–H groups in total. The second kappa shape index (κ2) is 40.7. The van der Waals surface area contributed by atoms with Gasteiger partial charge in [-0.2, -0.15) is 0 Å². The highest BCUT2D eigenvalue weighted by molar-refractivity contribution is 7.47. The van der Waals surface area contributed by atoms with E-state index in [1.807, 2.05) is 0 Å². The Labute approximate surface area is 327 Å². The number of unbranched alkanes of at least 4 members (excludes halogenated alkanes) is 30. The Morgan fingerprint density at radius 1 is 0.491 bits per heavy atom. The number of phosphoric acid groups is 1. The molecule has 10 heteroatoms. The van der Waals surface area contributed by atoms with Crippen LogP contribution in [0.25, 0.3) is 0 Å². The SMILES string of the molecule is CCCCCCCCCCCCCCCCCCCCCCC(=O)OC[C@H](COP(=O)(O)OCCN)OC(=O)CCCCCCCCCCCCCC. The predicted molar refractivity (Wildman–Crippen MR) is 220 cm³/mol. The van der Waals surface area contributed by atoms with Gasteiger partial charge in [-0.15, -0.1) is 0 Å². The zero-order valence-corrected chi connectivity index (χ0v) is 35.7. The van der Waals surface area contributed by atoms with E-state index in [9.17, 15) is 19.0 Å². The van der Waals surface area contributed by atoms with Crippen LogP contribution >= 0.6 is 7.82 Å². The molecule has 0 aliphatic rings. The number of carbonyl (C=O) groups excluding carboxylic acids is 2. The van der Waals surface area contributed by atoms with E-state index >= 15 is 0 Å². The third kappa shape index (κ3) is 40.5. The molecule has 316 valence electrons. The lowest BCUT2D eigenvalue weighted by atomic mass is 10.0. The molecule has 53 heavy (non-hydrogen) atoms. The van der Waals surface area contributed by atoms with Crippen molar-refractivity contribution in [3.63, 3.8) is 0 Å². The molecule has 0 aromatic heterocycles. The standard InChI is InChI=1S/C43H86NO8P/c1-3-5-7-9-11-13-15-17-18-19-20-21-22-23-24-26-27-29-31-33-35-42(45)49-39-41(40-51-53(47,48)50-38-37-44)52-43(46)36-34-32-30-28-25-16-14-12-10-8-6-4-2/h41H,3-40,44H2,1-2H3,(H,47,48)/t41-/m1/s1. The molecule has 0 bridgehead atoms. The Morgan fingerprint density at radius 3 is 1.15 bits per heavy atom. The maximum absolute atomic E-state index is 12.5. The van der Waals surface area contributed by atoms with Gasteiger partial charge in [-0.3, -0.25) is 18.6 Å². The van der Waals surface area contributed by atoms with Crippen molar-refractivity contribution >= 4 is 19.8 Å². The molecule has 0 saturated carbocycles. The van der Waals surface area contributed by atoms with E-state index in [0.717, 1.165) is 32.1 Å². The third-order valence-corrected chi connectivity index (χ3v) is 11.0. The summed E-state index contributed by atoms with van der Waals surface area (Å²) in [5.74, 6) is -0.813. The molecule has 0 aliphatic heterocycles. The minimum Gasteiger partial charge on any atom is -0.462 e. The molecule has 9 nitrogen and oxygen atoms in total. The molecule has 0 rings (SSSR count). The smallest absolute Gasteiger partial charge is 0.462 e. The van der Waals surface area contributed by atoms with Crippen molar-refractivity contribution in [1.82, 2.24) is 0 Å². The number of phosphoric ester groups is 1. The first-order valence-electron chi connectivity index (χ1n) is 22.5. The van der Waals surface area contributed by atoms with E-state index in [0.29, 0.717) is 6.42 Å². The van der Waals surface area contributed by atoms with Gasteiger partial charge in [-0.05, 0) is 12.8 Å². The van der Waals surface area contributed by atoms with Gasteiger partial charge >= 0.3 is 19.8 Å². The third-order valence-electron chi connectivity index (χ3n) is 9.99. The zero-order valence-electron chi connectivity index (χ0n) is 34.8. The van der Waals surface area contributed by atoms with Gasteiger partial charge in [0.15, 0.2) is 6.10 Å². The maximum Gasteiger partial charge on any atom is 0.472 e. The highest BCUT2D eigenvalue weighted by Crippen LogP contribution is 2.43. The predicted octanol–water partition coefficient (Wildman–Crippen LogP) is 12.8. The van der Waals surface area contributed by atoms with Gasteiger partial charge < -0.3 is 20.1 Å². The number of carbonyl (C=O) groups is 2. The van der Waals surface area contributed by atoms with Gasteiger partial charge in [0, 0.05) is 19.4 Å². The monoisotopic (exact) mass is 776 g/mol. The summed E-state index contributed by atoms with van der Waals surface area (Å²) >= 11 is 0. The minimum absolute atomic E-state index is 0.0580. The van der Waals surface area contributed by atoms with Crippen LogP contribution in [0.15, 0.2) is 0 Å². The van der Waals surface area contributed by atoms with Crippen LogP contribution in [0.1, 0.15) is 232 Å². The zero-order chi connectivity index (χ0) is 38.9. The van der Waals surface area contributed by atoms with Crippen molar-refractivity contribution < 1.29 is 37.6 Å². The lowest BCUT2D eigenvalue weighted by molar-refractivity contribution is -0.161. The van der Waals surface area contributed by atoms with Crippen LogP contribution in [0, 0.1) is 0 Å². The molecule has 0 aromatic rings. The van der Waals surface area contributed by atoms with E-state index in [2.05, 4.69) is 13.8 Å². The highest BCUT2D eigenvalue weighted by Gasteiger charge is 2.26. The lowest BCUT2D eigenvalue weighted by Crippen LogP contribution is -2.29. The summed E-state index contributed by atoms with van der Waals surface area (Å²) in [7, 11) is -4.37. The molecule has 0 aliphatic carbocycles. The largest absolute Gasteiger partial charge is 0.472 e. The van der Waals surface area contributed by atoms with Crippen molar-refractivity contribution in [2.45, 2.75) is 238 Å². The van der Waals surface area contributed by atoms with Crippen LogP contribution in [0.4, 0.5) is 0 Å². The molecule has 0 radical (unpaired) electrons. The van der Waals surface area contributed by atoms with E-state index in [1.54, 1.807) is 0 Å². The fourth-order valence-electron chi connectivity index (χ4n) is 6.64. The Bertz CT molecular complexity index is 845. The Hall–Kier alpha value is -0.990. The molecule has 0 aromatic carbocycles. The van der Waals surface area contributed by atoms with Crippen LogP contribution in [0.2, 0.25) is 0 Å². The molecule has 0 heterocycles. The van der Waals surface area contributed by atoms with Crippen LogP contribution in [-0.4, -0.2) is 49.3 Å². The van der Waals surface area contributed by atoms with Crippen LogP contribution < -0.4 is 5.73 Å². The fraction of sp³-hybridized carbons (Fsp3) is 0.953. The van der Waals surface area contributed by atoms with Crippen molar-refractivity contribution in [2.75, 3.05) is 26.4 Å². The van der Waals surface area contributed by atoms with Crippen molar-refractivity contribution in [3.8, 4) is 0 Å². The van der Waals surface area contributed by atoms with Crippen LogP contribution in [0.3, 0.4) is 0 Å². The number of hydrogen-bond acceptors (Lipinski definition) is 8. The summed E-state index contributed by atoms with van der Waals surface area (Å²) in [5, 5.41) is 0. The second-order valence-electron chi connectivity index (χ2n) is 15.3. The molecule has 1 unspecified atom stereocenters. The van der Waals surface area contributed by atoms with Gasteiger partial charge in [-0.1, -0.05) is 206 Å². The van der Waals surface area contributed by atoms with Crippen LogP contribution in [0.5, 0.6) is 0 Å². The first kappa shape index (κ1) is 52.0. The van der Waals surface area contributed by atoms with E-state index in [1.165, 1.54) is 167 Å². The molecule has 0 amide bonds. The highest BCUT2D eigenvalue weighted by atomic mass is 31.2. The molecular weight excluding hydrogens is 689 g/mol. The number of nitrogens with two attached hydrogens (primary N) is 1. The Morgan fingerprint density at radius 2 is 0.811 bits per heavy atom. The summed E-state index contributed by atoms with van der Waals surface area (Å²) < 4.78 is 32.8. The van der Waals surface area contributed by atoms with Gasteiger partial charge in [-0.25, -0.2) is 4.57 Å². The molecular formula is C43H86NO8P. The molecule has 0 fully saturated rings. The normalized spacial score (nSPS) is 13.2. The van der Waals surface area contributed by atoms with Gasteiger partial charge in [0.1, 0.15) is 6.61 Å².